The van der Waals surface area contributed by atoms with Crippen LogP contribution in [0, 0.1) is 23.2 Å². The minimum Gasteiger partial charge on any atom is -0.351 e. The lowest BCUT2D eigenvalue weighted by Crippen LogP contribution is -2.67. The summed E-state index contributed by atoms with van der Waals surface area (Å²) in [5.41, 5.74) is 0.105. The molecule has 0 aromatic rings. The van der Waals surface area contributed by atoms with Gasteiger partial charge in [-0.05, 0) is 37.5 Å². The summed E-state index contributed by atoms with van der Waals surface area (Å²) in [5.74, 6) is 2.55. The van der Waals surface area contributed by atoms with E-state index in [4.69, 9.17) is 5.41 Å². The molecule has 23 heavy (non-hydrogen) atoms. The monoisotopic (exact) mass is 341 g/mol. The zero-order chi connectivity index (χ0) is 17.9. The van der Waals surface area contributed by atoms with Crippen LogP contribution in [0.1, 0.15) is 67.7 Å². The summed E-state index contributed by atoms with van der Waals surface area (Å²) < 4.78 is 11.6. The van der Waals surface area contributed by atoms with E-state index in [0.29, 0.717) is 23.8 Å². The van der Waals surface area contributed by atoms with Crippen LogP contribution in [0.5, 0.6) is 0 Å². The van der Waals surface area contributed by atoms with E-state index in [1.165, 1.54) is 19.1 Å². The van der Waals surface area contributed by atoms with Crippen molar-refractivity contribution in [2.75, 3.05) is 6.26 Å². The molecule has 0 amide bonds. The SMILES string of the molecule is CCC(=NC(=N)S(C)=O)N(C(C)C(C)C)C1(C(C)C)CC[C@H]1C. The Morgan fingerprint density at radius 2 is 1.91 bits per heavy atom. The van der Waals surface area contributed by atoms with Crippen LogP contribution in [-0.2, 0) is 10.8 Å². The van der Waals surface area contributed by atoms with Crippen molar-refractivity contribution >= 4 is 21.8 Å². The van der Waals surface area contributed by atoms with Gasteiger partial charge in [-0.2, -0.15) is 0 Å². The van der Waals surface area contributed by atoms with E-state index < -0.39 is 10.8 Å². The maximum absolute atomic E-state index is 11.6. The van der Waals surface area contributed by atoms with Gasteiger partial charge in [-0.1, -0.05) is 41.5 Å². The molecule has 1 rings (SSSR count). The molecule has 1 aliphatic rings. The molecule has 3 unspecified atom stereocenters. The van der Waals surface area contributed by atoms with Gasteiger partial charge in [0.2, 0.25) is 5.17 Å². The van der Waals surface area contributed by atoms with Gasteiger partial charge in [0.15, 0.2) is 0 Å². The highest BCUT2D eigenvalue weighted by Gasteiger charge is 2.53. The molecule has 1 saturated carbocycles. The number of nitrogens with one attached hydrogen (secondary N) is 1. The van der Waals surface area contributed by atoms with E-state index in [9.17, 15) is 4.21 Å². The third-order valence-corrected chi connectivity index (χ3v) is 6.38. The molecule has 0 radical (unpaired) electrons. The third kappa shape index (κ3) is 3.86. The van der Waals surface area contributed by atoms with Gasteiger partial charge in [-0.15, -0.1) is 0 Å². The van der Waals surface area contributed by atoms with Crippen LogP contribution >= 0.6 is 0 Å². The minimum absolute atomic E-state index is 0.0197. The van der Waals surface area contributed by atoms with Crippen molar-refractivity contribution in [1.29, 1.82) is 5.41 Å². The van der Waals surface area contributed by atoms with Crippen molar-refractivity contribution in [3.8, 4) is 0 Å². The van der Waals surface area contributed by atoms with E-state index in [0.717, 1.165) is 12.3 Å². The molecule has 0 spiro atoms. The fraction of sp³-hybridized carbons (Fsp3) is 0.889. The molecule has 0 heterocycles. The Labute approximate surface area is 145 Å². The number of aliphatic imine (C=N–C) groups is 1. The van der Waals surface area contributed by atoms with Crippen molar-refractivity contribution in [2.24, 2.45) is 22.7 Å². The molecule has 134 valence electrons. The highest BCUT2D eigenvalue weighted by Crippen LogP contribution is 2.50. The second-order valence-electron chi connectivity index (χ2n) is 7.58. The van der Waals surface area contributed by atoms with Crippen LogP contribution in [0.2, 0.25) is 0 Å². The van der Waals surface area contributed by atoms with Gasteiger partial charge in [-0.25, -0.2) is 4.99 Å². The predicted octanol–water partition coefficient (Wildman–Crippen LogP) is 4.28. The second-order valence-corrected chi connectivity index (χ2v) is 8.88. The molecular formula is C18H35N3OS. The smallest absolute Gasteiger partial charge is 0.212 e. The van der Waals surface area contributed by atoms with Gasteiger partial charge in [-0.3, -0.25) is 9.62 Å². The quantitative estimate of drug-likeness (QED) is 0.599. The zero-order valence-electron chi connectivity index (χ0n) is 16.1. The average molecular weight is 342 g/mol. The van der Waals surface area contributed by atoms with E-state index >= 15 is 0 Å². The van der Waals surface area contributed by atoms with Crippen LogP contribution in [0.15, 0.2) is 4.99 Å². The first kappa shape index (κ1) is 20.3. The van der Waals surface area contributed by atoms with E-state index in [1.807, 2.05) is 0 Å². The molecule has 0 saturated heterocycles. The van der Waals surface area contributed by atoms with Crippen LogP contribution in [0.25, 0.3) is 0 Å². The van der Waals surface area contributed by atoms with Gasteiger partial charge in [0.1, 0.15) is 5.84 Å². The first-order valence-electron chi connectivity index (χ1n) is 8.88. The Balaban J connectivity index is 3.40. The second kappa shape index (κ2) is 7.91. The van der Waals surface area contributed by atoms with Crippen LogP contribution in [-0.4, -0.2) is 37.9 Å². The average Bonchev–Trinajstić information content (AvgIpc) is 2.47. The van der Waals surface area contributed by atoms with Crippen molar-refractivity contribution < 1.29 is 4.21 Å². The molecule has 0 aliphatic heterocycles. The maximum Gasteiger partial charge on any atom is 0.212 e. The summed E-state index contributed by atoms with van der Waals surface area (Å²) in [7, 11) is -1.33. The van der Waals surface area contributed by atoms with Crippen LogP contribution < -0.4 is 0 Å². The van der Waals surface area contributed by atoms with Crippen molar-refractivity contribution in [3.05, 3.63) is 0 Å². The molecule has 4 nitrogen and oxygen atoms in total. The Morgan fingerprint density at radius 1 is 1.35 bits per heavy atom. The molecule has 0 bridgehead atoms. The zero-order valence-corrected chi connectivity index (χ0v) is 17.0. The summed E-state index contributed by atoms with van der Waals surface area (Å²) in [5, 5.41) is 7.92. The highest BCUT2D eigenvalue weighted by atomic mass is 32.2. The van der Waals surface area contributed by atoms with Gasteiger partial charge in [0, 0.05) is 24.3 Å². The number of rotatable bonds is 5. The molecule has 1 fully saturated rings. The Bertz CT molecular complexity index is 480. The maximum atomic E-state index is 11.6. The fourth-order valence-corrected chi connectivity index (χ4v) is 4.09. The van der Waals surface area contributed by atoms with Crippen molar-refractivity contribution in [3.63, 3.8) is 0 Å². The predicted molar refractivity (Wildman–Crippen MR) is 102 cm³/mol. The van der Waals surface area contributed by atoms with Gasteiger partial charge in [0.25, 0.3) is 0 Å². The Morgan fingerprint density at radius 3 is 2.17 bits per heavy atom. The molecule has 0 aromatic heterocycles. The number of hydrogen-bond donors (Lipinski definition) is 1. The standard InChI is InChI=1S/C18H35N3OS/c1-9-16(20-17(19)23(8)22)21(15(7)12(2)3)18(13(4)5)11-10-14(18)6/h12-15,19H,9-11H2,1-8H3/t14-,15?,18?,23?/m1/s1. The van der Waals surface area contributed by atoms with E-state index in [2.05, 4.69) is 58.4 Å². The molecule has 1 N–H and O–H groups in total. The molecule has 0 aromatic carbocycles. The number of hydrogen-bond acceptors (Lipinski definition) is 2. The Kier molecular flexibility index (Phi) is 6.99. The van der Waals surface area contributed by atoms with Crippen LogP contribution in [0.3, 0.4) is 0 Å². The first-order chi connectivity index (χ1) is 10.6. The molecular weight excluding hydrogens is 306 g/mol. The third-order valence-electron chi connectivity index (χ3n) is 5.75. The first-order valence-corrected chi connectivity index (χ1v) is 10.4. The Hall–Kier alpha value is -0.710. The van der Waals surface area contributed by atoms with E-state index in [1.54, 1.807) is 0 Å². The fourth-order valence-electron chi connectivity index (χ4n) is 3.86. The lowest BCUT2D eigenvalue weighted by Gasteiger charge is -2.61. The summed E-state index contributed by atoms with van der Waals surface area (Å²) in [6.45, 7) is 15.8. The topological polar surface area (TPSA) is 56.5 Å². The molecule has 5 heteroatoms. The largest absolute Gasteiger partial charge is 0.351 e. The molecule has 4 atom stereocenters. The summed E-state index contributed by atoms with van der Waals surface area (Å²) >= 11 is 0. The number of nitrogens with zero attached hydrogens (tertiary/aromatic N) is 2. The van der Waals surface area contributed by atoms with Gasteiger partial charge >= 0.3 is 0 Å². The van der Waals surface area contributed by atoms with Crippen LogP contribution in [0.4, 0.5) is 0 Å². The summed E-state index contributed by atoms with van der Waals surface area (Å²) in [6.07, 6.45) is 4.70. The van der Waals surface area contributed by atoms with Gasteiger partial charge in [0.05, 0.1) is 10.8 Å². The highest BCUT2D eigenvalue weighted by molar-refractivity contribution is 7.99. The molecule has 1 aliphatic carbocycles. The van der Waals surface area contributed by atoms with Crippen molar-refractivity contribution in [2.45, 2.75) is 79.3 Å². The minimum atomic E-state index is -1.33. The normalized spacial score (nSPS) is 27.7. The number of amidine groups is 2. The summed E-state index contributed by atoms with van der Waals surface area (Å²) in [6, 6.07) is 0.344. The van der Waals surface area contributed by atoms with Gasteiger partial charge < -0.3 is 4.90 Å². The summed E-state index contributed by atoms with van der Waals surface area (Å²) in [4.78, 5) is 6.97. The van der Waals surface area contributed by atoms with Crippen molar-refractivity contribution in [1.82, 2.24) is 4.90 Å². The lowest BCUT2D eigenvalue weighted by molar-refractivity contribution is -0.0566. The van der Waals surface area contributed by atoms with E-state index in [-0.39, 0.29) is 10.7 Å². The lowest BCUT2D eigenvalue weighted by atomic mass is 9.60.